The van der Waals surface area contributed by atoms with Crippen molar-refractivity contribution < 1.29 is 14.2 Å². The molecule has 1 fully saturated rings. The minimum Gasteiger partial charge on any atom is -0.327 e. The maximum Gasteiger partial charge on any atom is 0.280 e. The zero-order valence-corrected chi connectivity index (χ0v) is 33.3. The molecule has 1 saturated heterocycles. The topological polar surface area (TPSA) is 27.7 Å². The van der Waals surface area contributed by atoms with E-state index < -0.39 is 5.97 Å². The van der Waals surface area contributed by atoms with Crippen molar-refractivity contribution in [2.45, 2.75) is 221 Å². The lowest BCUT2D eigenvalue weighted by Gasteiger charge is -2.33. The van der Waals surface area contributed by atoms with Crippen LogP contribution in [-0.2, 0) is 14.2 Å². The second-order valence-corrected chi connectivity index (χ2v) is 15.6. The van der Waals surface area contributed by atoms with Crippen LogP contribution in [-0.4, -0.2) is 24.8 Å². The van der Waals surface area contributed by atoms with Crippen molar-refractivity contribution in [2.75, 3.05) is 6.61 Å². The molecule has 3 heteroatoms. The van der Waals surface area contributed by atoms with Gasteiger partial charge in [0.2, 0.25) is 0 Å². The summed E-state index contributed by atoms with van der Waals surface area (Å²) < 4.78 is 19.5. The normalized spacial score (nSPS) is 20.7. The Kier molecular flexibility index (Phi) is 27.6. The second kappa shape index (κ2) is 29.6. The molecule has 0 aromatic heterocycles. The first kappa shape index (κ1) is 44.9. The van der Waals surface area contributed by atoms with Crippen molar-refractivity contribution in [1.82, 2.24) is 0 Å². The quantitative estimate of drug-likeness (QED) is 0.0526. The summed E-state index contributed by atoms with van der Waals surface area (Å²) in [5.74, 6) is -0.385. The zero-order chi connectivity index (χ0) is 35.2. The summed E-state index contributed by atoms with van der Waals surface area (Å²) >= 11 is 0. The lowest BCUT2D eigenvalue weighted by Crippen LogP contribution is -2.37. The van der Waals surface area contributed by atoms with Crippen molar-refractivity contribution >= 4 is 0 Å². The van der Waals surface area contributed by atoms with E-state index in [0.717, 1.165) is 25.7 Å². The predicted octanol–water partition coefficient (Wildman–Crippen LogP) is 14.8. The van der Waals surface area contributed by atoms with E-state index in [1.165, 1.54) is 128 Å². The van der Waals surface area contributed by atoms with Gasteiger partial charge in [-0.2, -0.15) is 0 Å². The Bertz CT molecular complexity index is 781. The SMILES string of the molecule is CCCCCC=CCC=CCCCCCCCC1OC(C)(OCC(C)(C)C(C)C)OC1CCCCCCCC=CCC=CCCCCC. The van der Waals surface area contributed by atoms with Gasteiger partial charge in [-0.3, -0.25) is 0 Å². The molecule has 0 amide bonds. The Hall–Kier alpha value is -1.16. The fourth-order valence-corrected chi connectivity index (χ4v) is 6.08. The van der Waals surface area contributed by atoms with Crippen LogP contribution in [0.15, 0.2) is 48.6 Å². The van der Waals surface area contributed by atoms with Gasteiger partial charge < -0.3 is 14.2 Å². The summed E-state index contributed by atoms with van der Waals surface area (Å²) in [5, 5.41) is 0. The first-order chi connectivity index (χ1) is 23.2. The van der Waals surface area contributed by atoms with Gasteiger partial charge in [-0.15, -0.1) is 0 Å². The molecule has 3 nitrogen and oxygen atoms in total. The number of hydrogen-bond acceptors (Lipinski definition) is 3. The maximum absolute atomic E-state index is 6.56. The molecule has 0 saturated carbocycles. The van der Waals surface area contributed by atoms with Gasteiger partial charge in [-0.05, 0) is 88.4 Å². The van der Waals surface area contributed by atoms with Gasteiger partial charge in [0.1, 0.15) is 0 Å². The molecule has 1 rings (SSSR count). The first-order valence-electron chi connectivity index (χ1n) is 20.8. The van der Waals surface area contributed by atoms with Crippen molar-refractivity contribution in [2.24, 2.45) is 11.3 Å². The average molecular weight is 671 g/mol. The van der Waals surface area contributed by atoms with Crippen LogP contribution < -0.4 is 0 Å². The third-order valence-corrected chi connectivity index (χ3v) is 10.3. The Labute approximate surface area is 300 Å². The largest absolute Gasteiger partial charge is 0.327 e. The highest BCUT2D eigenvalue weighted by Gasteiger charge is 2.45. The van der Waals surface area contributed by atoms with Crippen molar-refractivity contribution in [3.8, 4) is 0 Å². The lowest BCUT2D eigenvalue weighted by molar-refractivity contribution is -0.338. The van der Waals surface area contributed by atoms with Crippen LogP contribution in [0.3, 0.4) is 0 Å². The molecule has 0 aromatic rings. The van der Waals surface area contributed by atoms with Crippen molar-refractivity contribution in [1.29, 1.82) is 0 Å². The summed E-state index contributed by atoms with van der Waals surface area (Å²) in [5.41, 5.74) is 0.0869. The van der Waals surface area contributed by atoms with Crippen LogP contribution in [0, 0.1) is 11.3 Å². The fraction of sp³-hybridized carbons (Fsp3) is 0.822. The molecule has 48 heavy (non-hydrogen) atoms. The molecule has 1 aliphatic rings. The molecular weight excluding hydrogens is 588 g/mol. The molecule has 0 bridgehead atoms. The summed E-state index contributed by atoms with van der Waals surface area (Å²) in [4.78, 5) is 0. The third-order valence-electron chi connectivity index (χ3n) is 10.3. The Morgan fingerprint density at radius 2 is 0.896 bits per heavy atom. The standard InChI is InChI=1S/C45H82O3/c1-8-10-12-14-16-18-20-22-24-26-28-30-32-34-36-38-42-43(48-45(7,47-42)46-40-44(5,6)41(3)4)39-37-35-33-31-29-27-25-23-21-19-17-15-13-11-9-2/h16-19,22-25,41-43H,8-15,20-21,26-40H2,1-7H3. The molecule has 0 aromatic carbocycles. The summed E-state index contributed by atoms with van der Waals surface area (Å²) in [6.45, 7) is 16.3. The average Bonchev–Trinajstić information content (AvgIpc) is 3.38. The van der Waals surface area contributed by atoms with Crippen LogP contribution in [0.4, 0.5) is 0 Å². The van der Waals surface area contributed by atoms with E-state index in [0.29, 0.717) is 12.5 Å². The molecule has 1 heterocycles. The minimum atomic E-state index is -0.921. The van der Waals surface area contributed by atoms with E-state index in [1.54, 1.807) is 0 Å². The van der Waals surface area contributed by atoms with E-state index in [4.69, 9.17) is 14.2 Å². The van der Waals surface area contributed by atoms with E-state index >= 15 is 0 Å². The molecular formula is C45H82O3. The Morgan fingerprint density at radius 3 is 1.27 bits per heavy atom. The van der Waals surface area contributed by atoms with Crippen LogP contribution in [0.25, 0.3) is 0 Å². The molecule has 280 valence electrons. The van der Waals surface area contributed by atoms with Gasteiger partial charge in [0.15, 0.2) is 0 Å². The van der Waals surface area contributed by atoms with Crippen LogP contribution in [0.1, 0.15) is 203 Å². The highest BCUT2D eigenvalue weighted by Crippen LogP contribution is 2.37. The highest BCUT2D eigenvalue weighted by atomic mass is 16.9. The molecule has 0 N–H and O–H groups in total. The predicted molar refractivity (Wildman–Crippen MR) is 211 cm³/mol. The number of allylic oxidation sites excluding steroid dienone is 8. The van der Waals surface area contributed by atoms with Crippen LogP contribution in [0.5, 0.6) is 0 Å². The fourth-order valence-electron chi connectivity index (χ4n) is 6.08. The number of ether oxygens (including phenoxy) is 3. The second-order valence-electron chi connectivity index (χ2n) is 15.6. The Balaban J connectivity index is 2.32. The number of unbranched alkanes of at least 4 members (excludes halogenated alkanes) is 16. The molecule has 0 aliphatic carbocycles. The van der Waals surface area contributed by atoms with Crippen LogP contribution in [0.2, 0.25) is 0 Å². The van der Waals surface area contributed by atoms with Crippen LogP contribution >= 0.6 is 0 Å². The van der Waals surface area contributed by atoms with E-state index in [9.17, 15) is 0 Å². The van der Waals surface area contributed by atoms with Gasteiger partial charge in [-0.1, -0.05) is 167 Å². The molecule has 0 spiro atoms. The summed E-state index contributed by atoms with van der Waals surface area (Å²) in [6, 6.07) is 0. The van der Waals surface area contributed by atoms with Crippen molar-refractivity contribution in [3.05, 3.63) is 48.6 Å². The molecule has 2 atom stereocenters. The first-order valence-corrected chi connectivity index (χ1v) is 20.8. The van der Waals surface area contributed by atoms with Crippen molar-refractivity contribution in [3.63, 3.8) is 0 Å². The molecule has 0 radical (unpaired) electrons. The van der Waals surface area contributed by atoms with Gasteiger partial charge >= 0.3 is 0 Å². The monoisotopic (exact) mass is 671 g/mol. The van der Waals surface area contributed by atoms with E-state index in [-0.39, 0.29) is 17.6 Å². The third kappa shape index (κ3) is 24.1. The summed E-state index contributed by atoms with van der Waals surface area (Å²) in [6.07, 6.45) is 49.1. The number of hydrogen-bond donors (Lipinski definition) is 0. The zero-order valence-electron chi connectivity index (χ0n) is 33.3. The van der Waals surface area contributed by atoms with E-state index in [2.05, 4.69) is 90.2 Å². The number of rotatable bonds is 32. The minimum absolute atomic E-state index is 0.0869. The highest BCUT2D eigenvalue weighted by molar-refractivity contribution is 4.93. The molecule has 2 unspecified atom stereocenters. The van der Waals surface area contributed by atoms with Gasteiger partial charge in [0.25, 0.3) is 5.97 Å². The van der Waals surface area contributed by atoms with Gasteiger partial charge in [-0.25, -0.2) is 0 Å². The lowest BCUT2D eigenvalue weighted by atomic mass is 9.82. The smallest absolute Gasteiger partial charge is 0.280 e. The molecule has 1 aliphatic heterocycles. The Morgan fingerprint density at radius 1 is 0.542 bits per heavy atom. The summed E-state index contributed by atoms with van der Waals surface area (Å²) in [7, 11) is 0. The maximum atomic E-state index is 6.56. The van der Waals surface area contributed by atoms with E-state index in [1.807, 2.05) is 6.92 Å². The van der Waals surface area contributed by atoms with Gasteiger partial charge in [0, 0.05) is 6.92 Å². The van der Waals surface area contributed by atoms with Gasteiger partial charge in [0.05, 0.1) is 18.8 Å².